The Balaban J connectivity index is 2.16. The molecule has 0 radical (unpaired) electrons. The van der Waals surface area contributed by atoms with E-state index in [2.05, 4.69) is 10.3 Å². The number of aromatic nitrogens is 1. The molecule has 1 N–H and O–H groups in total. The third-order valence-corrected chi connectivity index (χ3v) is 4.17. The summed E-state index contributed by atoms with van der Waals surface area (Å²) in [5, 5.41) is 3.23. The van der Waals surface area contributed by atoms with E-state index in [1.54, 1.807) is 13.0 Å². The summed E-state index contributed by atoms with van der Waals surface area (Å²) in [6, 6.07) is 1.65. The van der Waals surface area contributed by atoms with Crippen molar-refractivity contribution in [2.75, 3.05) is 24.6 Å². The van der Waals surface area contributed by atoms with Gasteiger partial charge in [0.1, 0.15) is 16.3 Å². The van der Waals surface area contributed by atoms with Gasteiger partial charge in [0.15, 0.2) is 0 Å². The molecule has 0 bridgehead atoms. The van der Waals surface area contributed by atoms with E-state index in [4.69, 9.17) is 21.1 Å². The third kappa shape index (κ3) is 5.24. The molecule has 0 aromatic carbocycles. The molecule has 0 aliphatic carbocycles. The molecule has 1 atom stereocenters. The second kappa shape index (κ2) is 7.70. The Bertz CT molecular complexity index is 690. The van der Waals surface area contributed by atoms with Crippen molar-refractivity contribution in [3.8, 4) is 0 Å². The molecular weight excluding hydrogens is 358 g/mol. The average Bonchev–Trinajstić information content (AvgIpc) is 2.87. The first kappa shape index (κ1) is 20.3. The SMILES string of the molecule is CCOC(=O)c1cnc(Cl)cc1N1CC[C@](C)(NC(=O)OC(C)(C)C)C1. The number of esters is 1. The third-order valence-electron chi connectivity index (χ3n) is 3.96. The summed E-state index contributed by atoms with van der Waals surface area (Å²) in [6.07, 6.45) is 1.67. The first-order chi connectivity index (χ1) is 12.0. The Labute approximate surface area is 159 Å². The van der Waals surface area contributed by atoms with Crippen LogP contribution >= 0.6 is 11.6 Å². The summed E-state index contributed by atoms with van der Waals surface area (Å²) in [5.41, 5.74) is -0.0331. The van der Waals surface area contributed by atoms with E-state index in [0.717, 1.165) is 0 Å². The number of hydrogen-bond acceptors (Lipinski definition) is 6. The van der Waals surface area contributed by atoms with Gasteiger partial charge >= 0.3 is 12.1 Å². The van der Waals surface area contributed by atoms with Gasteiger partial charge in [0.05, 0.1) is 17.8 Å². The van der Waals surface area contributed by atoms with Crippen LogP contribution in [0.5, 0.6) is 0 Å². The number of rotatable bonds is 4. The molecule has 7 nitrogen and oxygen atoms in total. The van der Waals surface area contributed by atoms with Crippen molar-refractivity contribution >= 4 is 29.4 Å². The summed E-state index contributed by atoms with van der Waals surface area (Å²) in [7, 11) is 0. The standard InChI is InChI=1S/C18H26ClN3O4/c1-6-25-15(23)12-10-20-14(19)9-13(12)22-8-7-18(5,11-22)21-16(24)26-17(2,3)4/h9-10H,6-8,11H2,1-5H3,(H,21,24)/t18-/m0/s1. The van der Waals surface area contributed by atoms with E-state index in [1.165, 1.54) is 6.20 Å². The number of nitrogens with zero attached hydrogens (tertiary/aromatic N) is 2. The molecule has 144 valence electrons. The highest BCUT2D eigenvalue weighted by Crippen LogP contribution is 2.31. The molecule has 26 heavy (non-hydrogen) atoms. The molecule has 1 aliphatic heterocycles. The maximum Gasteiger partial charge on any atom is 0.408 e. The molecule has 2 heterocycles. The maximum atomic E-state index is 12.2. The van der Waals surface area contributed by atoms with Gasteiger partial charge in [0.2, 0.25) is 0 Å². The molecule has 1 fully saturated rings. The van der Waals surface area contributed by atoms with Crippen molar-refractivity contribution in [1.29, 1.82) is 0 Å². The summed E-state index contributed by atoms with van der Waals surface area (Å²) in [4.78, 5) is 30.3. The Morgan fingerprint density at radius 1 is 1.42 bits per heavy atom. The van der Waals surface area contributed by atoms with E-state index in [1.807, 2.05) is 32.6 Å². The van der Waals surface area contributed by atoms with E-state index in [-0.39, 0.29) is 6.61 Å². The van der Waals surface area contributed by atoms with Gasteiger partial charge in [-0.05, 0) is 47.1 Å². The Morgan fingerprint density at radius 3 is 2.73 bits per heavy atom. The quantitative estimate of drug-likeness (QED) is 0.634. The van der Waals surface area contributed by atoms with Crippen molar-refractivity contribution in [3.63, 3.8) is 0 Å². The number of nitrogens with one attached hydrogen (secondary N) is 1. The molecule has 1 amide bonds. The van der Waals surface area contributed by atoms with Crippen molar-refractivity contribution in [2.24, 2.45) is 0 Å². The van der Waals surface area contributed by atoms with Crippen LogP contribution in [0.3, 0.4) is 0 Å². The van der Waals surface area contributed by atoms with Crippen LogP contribution in [0.4, 0.5) is 10.5 Å². The number of pyridine rings is 1. The fraction of sp³-hybridized carbons (Fsp3) is 0.611. The predicted molar refractivity (Wildman–Crippen MR) is 99.8 cm³/mol. The second-order valence-electron chi connectivity index (χ2n) is 7.60. The lowest BCUT2D eigenvalue weighted by molar-refractivity contribution is 0.0470. The minimum Gasteiger partial charge on any atom is -0.462 e. The number of halogens is 1. The predicted octanol–water partition coefficient (Wildman–Crippen LogP) is 3.41. The monoisotopic (exact) mass is 383 g/mol. The minimum atomic E-state index is -0.561. The van der Waals surface area contributed by atoms with Gasteiger partial charge in [0.25, 0.3) is 0 Å². The van der Waals surface area contributed by atoms with Crippen LogP contribution in [0.15, 0.2) is 12.3 Å². The van der Waals surface area contributed by atoms with Gasteiger partial charge in [-0.1, -0.05) is 11.6 Å². The second-order valence-corrected chi connectivity index (χ2v) is 7.99. The molecule has 8 heteroatoms. The van der Waals surface area contributed by atoms with E-state index < -0.39 is 23.2 Å². The van der Waals surface area contributed by atoms with Crippen LogP contribution < -0.4 is 10.2 Å². The molecule has 0 spiro atoms. The highest BCUT2D eigenvalue weighted by molar-refractivity contribution is 6.29. The van der Waals surface area contributed by atoms with Crippen molar-refractivity contribution in [3.05, 3.63) is 23.0 Å². The first-order valence-electron chi connectivity index (χ1n) is 8.62. The topological polar surface area (TPSA) is 80.8 Å². The molecule has 1 saturated heterocycles. The fourth-order valence-corrected chi connectivity index (χ4v) is 3.02. The number of anilines is 1. The van der Waals surface area contributed by atoms with Gasteiger partial charge in [-0.15, -0.1) is 0 Å². The fourth-order valence-electron chi connectivity index (χ4n) is 2.87. The zero-order valence-electron chi connectivity index (χ0n) is 15.9. The Hall–Kier alpha value is -2.02. The zero-order chi connectivity index (χ0) is 19.5. The van der Waals surface area contributed by atoms with Crippen LogP contribution in [0.1, 0.15) is 51.4 Å². The highest BCUT2D eigenvalue weighted by Gasteiger charge is 2.37. The molecule has 1 aromatic rings. The van der Waals surface area contributed by atoms with E-state index in [9.17, 15) is 9.59 Å². The smallest absolute Gasteiger partial charge is 0.408 e. The van der Waals surface area contributed by atoms with Crippen LogP contribution in [0, 0.1) is 0 Å². The lowest BCUT2D eigenvalue weighted by atomic mass is 10.0. The van der Waals surface area contributed by atoms with E-state index in [0.29, 0.717) is 35.9 Å². The normalized spacial score (nSPS) is 20.0. The Morgan fingerprint density at radius 2 is 2.12 bits per heavy atom. The van der Waals surface area contributed by atoms with Crippen molar-refractivity contribution < 1.29 is 19.1 Å². The maximum absolute atomic E-state index is 12.2. The number of carbonyl (C=O) groups is 2. The molecule has 2 rings (SSSR count). The van der Waals surface area contributed by atoms with Crippen LogP contribution in [-0.4, -0.2) is 47.9 Å². The minimum absolute atomic E-state index is 0.277. The van der Waals surface area contributed by atoms with Crippen LogP contribution in [-0.2, 0) is 9.47 Å². The highest BCUT2D eigenvalue weighted by atomic mass is 35.5. The zero-order valence-corrected chi connectivity index (χ0v) is 16.6. The van der Waals surface area contributed by atoms with Gasteiger partial charge in [0, 0.05) is 19.3 Å². The van der Waals surface area contributed by atoms with Crippen LogP contribution in [0.25, 0.3) is 0 Å². The molecule has 0 saturated carbocycles. The van der Waals surface area contributed by atoms with Gasteiger partial charge < -0.3 is 19.7 Å². The summed E-state index contributed by atoms with van der Waals surface area (Å²) < 4.78 is 10.4. The first-order valence-corrected chi connectivity index (χ1v) is 8.99. The molecular formula is C18H26ClN3O4. The van der Waals surface area contributed by atoms with Crippen molar-refractivity contribution in [1.82, 2.24) is 10.3 Å². The van der Waals surface area contributed by atoms with E-state index >= 15 is 0 Å². The Kier molecular flexibility index (Phi) is 6.01. The lowest BCUT2D eigenvalue weighted by Gasteiger charge is -2.29. The van der Waals surface area contributed by atoms with Gasteiger partial charge in [-0.3, -0.25) is 0 Å². The molecule has 1 aliphatic rings. The molecule has 1 aromatic heterocycles. The van der Waals surface area contributed by atoms with Crippen LogP contribution in [0.2, 0.25) is 5.15 Å². The summed E-state index contributed by atoms with van der Waals surface area (Å²) in [5.74, 6) is -0.444. The summed E-state index contributed by atoms with van der Waals surface area (Å²) >= 11 is 6.03. The average molecular weight is 384 g/mol. The largest absolute Gasteiger partial charge is 0.462 e. The number of ether oxygens (including phenoxy) is 2. The van der Waals surface area contributed by atoms with Crippen molar-refractivity contribution in [2.45, 2.75) is 52.2 Å². The number of alkyl carbamates (subject to hydrolysis) is 1. The number of carbonyl (C=O) groups excluding carboxylic acids is 2. The lowest BCUT2D eigenvalue weighted by Crippen LogP contribution is -2.49. The van der Waals surface area contributed by atoms with Gasteiger partial charge in [-0.2, -0.15) is 0 Å². The molecule has 0 unspecified atom stereocenters. The number of hydrogen-bond donors (Lipinski definition) is 1. The number of amides is 1. The van der Waals surface area contributed by atoms with Gasteiger partial charge in [-0.25, -0.2) is 14.6 Å². The summed E-state index contributed by atoms with van der Waals surface area (Å²) in [6.45, 7) is 10.6.